The fourth-order valence-corrected chi connectivity index (χ4v) is 6.66. The van der Waals surface area contributed by atoms with Gasteiger partial charge in [0.25, 0.3) is 0 Å². The maximum Gasteiger partial charge on any atom is 0.230 e. The molecule has 5 aromatic rings. The standard InChI is InChI=1S/C27H22N4OS2/c32-21(28-14-17-8-3-1-4-9-17)15-33-27-25-24(29-16-30-27)22-19-12-7-13-20(19)23(31-26(22)34-25)18-10-5-2-6-11-18/h1-6,8-11,16H,7,12-15H2,(H,28,32). The molecule has 0 radical (unpaired) electrons. The van der Waals surface area contributed by atoms with Crippen LogP contribution in [-0.4, -0.2) is 26.6 Å². The van der Waals surface area contributed by atoms with Gasteiger partial charge in [-0.25, -0.2) is 15.0 Å². The van der Waals surface area contributed by atoms with E-state index >= 15 is 0 Å². The van der Waals surface area contributed by atoms with E-state index in [0.717, 1.165) is 56.2 Å². The Labute approximate surface area is 205 Å². The minimum absolute atomic E-state index is 0.00731. The first-order valence-corrected chi connectivity index (χ1v) is 13.2. The van der Waals surface area contributed by atoms with Gasteiger partial charge in [-0.1, -0.05) is 72.4 Å². The first-order valence-electron chi connectivity index (χ1n) is 11.4. The number of thioether (sulfide) groups is 1. The highest BCUT2D eigenvalue weighted by Gasteiger charge is 2.25. The maximum atomic E-state index is 12.5. The molecule has 1 aliphatic carbocycles. The van der Waals surface area contributed by atoms with Crippen LogP contribution in [0.1, 0.15) is 23.1 Å². The van der Waals surface area contributed by atoms with Crippen molar-refractivity contribution in [3.8, 4) is 11.3 Å². The van der Waals surface area contributed by atoms with Crippen LogP contribution in [0.25, 0.3) is 31.7 Å². The van der Waals surface area contributed by atoms with Gasteiger partial charge in [0.05, 0.1) is 21.7 Å². The van der Waals surface area contributed by atoms with Crippen LogP contribution in [-0.2, 0) is 24.2 Å². The average molecular weight is 483 g/mol. The molecule has 7 heteroatoms. The van der Waals surface area contributed by atoms with Crippen LogP contribution < -0.4 is 5.32 Å². The highest BCUT2D eigenvalue weighted by molar-refractivity contribution is 8.00. The molecule has 3 aromatic heterocycles. The van der Waals surface area contributed by atoms with Crippen molar-refractivity contribution >= 4 is 49.4 Å². The summed E-state index contributed by atoms with van der Waals surface area (Å²) in [5.41, 5.74) is 7.04. The second-order valence-corrected chi connectivity index (χ2v) is 10.3. The Hall–Kier alpha value is -3.29. The number of carbonyl (C=O) groups is 1. The largest absolute Gasteiger partial charge is 0.351 e. The van der Waals surface area contributed by atoms with Crippen molar-refractivity contribution in [1.82, 2.24) is 20.3 Å². The van der Waals surface area contributed by atoms with Crippen LogP contribution in [0.2, 0.25) is 0 Å². The fraction of sp³-hybridized carbons (Fsp3) is 0.185. The van der Waals surface area contributed by atoms with Crippen molar-refractivity contribution in [1.29, 1.82) is 0 Å². The number of hydrogen-bond donors (Lipinski definition) is 1. The molecule has 1 aliphatic rings. The zero-order valence-corrected chi connectivity index (χ0v) is 20.1. The number of aryl methyl sites for hydroxylation is 1. The van der Waals surface area contributed by atoms with E-state index in [1.54, 1.807) is 17.7 Å². The zero-order chi connectivity index (χ0) is 22.9. The summed E-state index contributed by atoms with van der Waals surface area (Å²) >= 11 is 3.10. The molecule has 5 nitrogen and oxygen atoms in total. The summed E-state index contributed by atoms with van der Waals surface area (Å²) in [6.45, 7) is 0.528. The van der Waals surface area contributed by atoms with Crippen LogP contribution in [0, 0.1) is 0 Å². The Morgan fingerprint density at radius 3 is 2.56 bits per heavy atom. The molecule has 0 atom stereocenters. The summed E-state index contributed by atoms with van der Waals surface area (Å²) in [5.74, 6) is 0.306. The molecule has 0 bridgehead atoms. The molecule has 1 amide bonds. The van der Waals surface area contributed by atoms with Crippen molar-refractivity contribution < 1.29 is 4.79 Å². The zero-order valence-electron chi connectivity index (χ0n) is 18.5. The number of thiophene rings is 1. The van der Waals surface area contributed by atoms with Crippen LogP contribution >= 0.6 is 23.1 Å². The first-order chi connectivity index (χ1) is 16.8. The Kier molecular flexibility index (Phi) is 5.73. The number of nitrogens with zero attached hydrogens (tertiary/aromatic N) is 3. The predicted molar refractivity (Wildman–Crippen MR) is 139 cm³/mol. The number of amides is 1. The van der Waals surface area contributed by atoms with E-state index in [4.69, 9.17) is 4.98 Å². The molecule has 6 rings (SSSR count). The number of rotatable bonds is 6. The second-order valence-electron chi connectivity index (χ2n) is 8.33. The Morgan fingerprint density at radius 1 is 0.971 bits per heavy atom. The lowest BCUT2D eigenvalue weighted by Gasteiger charge is -2.09. The molecule has 34 heavy (non-hydrogen) atoms. The summed E-state index contributed by atoms with van der Waals surface area (Å²) in [4.78, 5) is 27.8. The monoisotopic (exact) mass is 482 g/mol. The minimum Gasteiger partial charge on any atom is -0.351 e. The molecule has 0 saturated carbocycles. The molecule has 2 aromatic carbocycles. The highest BCUT2D eigenvalue weighted by Crippen LogP contribution is 2.43. The van der Waals surface area contributed by atoms with Crippen LogP contribution in [0.3, 0.4) is 0 Å². The average Bonchev–Trinajstić information content (AvgIpc) is 3.51. The quantitative estimate of drug-likeness (QED) is 0.245. The lowest BCUT2D eigenvalue weighted by atomic mass is 10.0. The van der Waals surface area contributed by atoms with Gasteiger partial charge >= 0.3 is 0 Å². The maximum absolute atomic E-state index is 12.5. The SMILES string of the molecule is O=C(CSc1ncnc2c1sc1nc(-c3ccccc3)c3c(c12)CCC3)NCc1ccccc1. The number of pyridine rings is 1. The van der Waals surface area contributed by atoms with Gasteiger partial charge in [-0.05, 0) is 36.0 Å². The molecule has 3 heterocycles. The molecule has 0 saturated heterocycles. The normalized spacial score (nSPS) is 12.8. The molecule has 0 fully saturated rings. The number of fused-ring (bicyclic) bond motifs is 5. The molecule has 1 N–H and O–H groups in total. The third-order valence-corrected chi connectivity index (χ3v) is 8.36. The Balaban J connectivity index is 1.32. The number of hydrogen-bond acceptors (Lipinski definition) is 6. The molecule has 0 spiro atoms. The molecular weight excluding hydrogens is 460 g/mol. The van der Waals surface area contributed by atoms with Gasteiger partial charge in [-0.3, -0.25) is 4.79 Å². The van der Waals surface area contributed by atoms with Crippen molar-refractivity contribution in [3.63, 3.8) is 0 Å². The van der Waals surface area contributed by atoms with E-state index < -0.39 is 0 Å². The highest BCUT2D eigenvalue weighted by atomic mass is 32.2. The summed E-state index contributed by atoms with van der Waals surface area (Å²) in [6.07, 6.45) is 4.86. The molecule has 168 valence electrons. The predicted octanol–water partition coefficient (Wildman–Crippen LogP) is 5.80. The third-order valence-electron chi connectivity index (χ3n) is 6.16. The van der Waals surface area contributed by atoms with Crippen LogP contribution in [0.4, 0.5) is 0 Å². The van der Waals surface area contributed by atoms with E-state index in [1.807, 2.05) is 36.4 Å². The van der Waals surface area contributed by atoms with Gasteiger partial charge in [0.1, 0.15) is 16.2 Å². The lowest BCUT2D eigenvalue weighted by Crippen LogP contribution is -2.24. The van der Waals surface area contributed by atoms with Gasteiger partial charge in [-0.15, -0.1) is 11.3 Å². The second kappa shape index (κ2) is 9.16. The minimum atomic E-state index is -0.00731. The van der Waals surface area contributed by atoms with Gasteiger partial charge in [0.2, 0.25) is 5.91 Å². The first kappa shape index (κ1) is 21.3. The van der Waals surface area contributed by atoms with E-state index in [-0.39, 0.29) is 5.91 Å². The van der Waals surface area contributed by atoms with Gasteiger partial charge < -0.3 is 5.32 Å². The Bertz CT molecular complexity index is 1500. The smallest absolute Gasteiger partial charge is 0.230 e. The van der Waals surface area contributed by atoms with Gasteiger partial charge in [0.15, 0.2) is 0 Å². The van der Waals surface area contributed by atoms with Crippen molar-refractivity contribution in [2.75, 3.05) is 5.75 Å². The lowest BCUT2D eigenvalue weighted by molar-refractivity contribution is -0.118. The fourth-order valence-electron chi connectivity index (χ4n) is 4.60. The van der Waals surface area contributed by atoms with E-state index in [2.05, 4.69) is 39.6 Å². The van der Waals surface area contributed by atoms with Crippen molar-refractivity contribution in [2.45, 2.75) is 30.8 Å². The number of carbonyl (C=O) groups excluding carboxylic acids is 1. The third kappa shape index (κ3) is 3.95. The van der Waals surface area contributed by atoms with E-state index in [9.17, 15) is 4.79 Å². The molecule has 0 unspecified atom stereocenters. The van der Waals surface area contributed by atoms with Crippen LogP contribution in [0.15, 0.2) is 72.0 Å². The molecular formula is C27H22N4OS2. The topological polar surface area (TPSA) is 67.8 Å². The summed E-state index contributed by atoms with van der Waals surface area (Å²) in [5, 5.41) is 5.01. The van der Waals surface area contributed by atoms with Crippen LogP contribution in [0.5, 0.6) is 0 Å². The summed E-state index contributed by atoms with van der Waals surface area (Å²) < 4.78 is 1.02. The van der Waals surface area contributed by atoms with Gasteiger partial charge in [-0.2, -0.15) is 0 Å². The number of aromatic nitrogens is 3. The number of benzene rings is 2. The van der Waals surface area contributed by atoms with E-state index in [0.29, 0.717) is 12.3 Å². The summed E-state index contributed by atoms with van der Waals surface area (Å²) in [7, 11) is 0. The van der Waals surface area contributed by atoms with Gasteiger partial charge in [0, 0.05) is 17.5 Å². The van der Waals surface area contributed by atoms with Crippen molar-refractivity contribution in [2.24, 2.45) is 0 Å². The number of nitrogens with one attached hydrogen (secondary N) is 1. The molecule has 0 aliphatic heterocycles. The summed E-state index contributed by atoms with van der Waals surface area (Å²) in [6, 6.07) is 20.4. The van der Waals surface area contributed by atoms with E-state index in [1.165, 1.54) is 28.3 Å². The van der Waals surface area contributed by atoms with Crippen molar-refractivity contribution in [3.05, 3.63) is 83.7 Å². The Morgan fingerprint density at radius 2 is 1.74 bits per heavy atom.